The Balaban J connectivity index is 1.51. The molecule has 4 rings (SSSR count). The second kappa shape index (κ2) is 12.1. The van der Waals surface area contributed by atoms with E-state index < -0.39 is 0 Å². The summed E-state index contributed by atoms with van der Waals surface area (Å²) in [5.41, 5.74) is 1.99. The lowest BCUT2D eigenvalue weighted by molar-refractivity contribution is 0.00532. The van der Waals surface area contributed by atoms with E-state index in [9.17, 15) is 4.79 Å². The summed E-state index contributed by atoms with van der Waals surface area (Å²) in [5.74, 6) is 1.25. The van der Waals surface area contributed by atoms with Crippen LogP contribution in [0.4, 0.5) is 5.69 Å². The number of rotatable bonds is 10. The van der Waals surface area contributed by atoms with E-state index in [2.05, 4.69) is 38.6 Å². The van der Waals surface area contributed by atoms with Gasteiger partial charge in [-0.25, -0.2) is 4.31 Å². The molecule has 1 aliphatic rings. The Morgan fingerprint density at radius 3 is 2.50 bits per heavy atom. The summed E-state index contributed by atoms with van der Waals surface area (Å²) in [6.45, 7) is 7.68. The zero-order valence-corrected chi connectivity index (χ0v) is 22.6. The molecule has 192 valence electrons. The molecule has 1 aromatic heterocycles. The standard InChI is InChI=1S/C27H33ClN4O3S/c1-27(2,34-3)12-17-35-25-24(19-29-32(26(25)33)23-11-7-10-22(28)18-23)30-13-15-31(16-14-30)36-20-21-8-5-4-6-9-21/h4-11,18-19H,12-17,20H2,1-3H3. The summed E-state index contributed by atoms with van der Waals surface area (Å²) in [6.07, 6.45) is 2.37. The molecule has 0 unspecified atom stereocenters. The molecule has 2 heterocycles. The number of benzene rings is 2. The van der Waals surface area contributed by atoms with Crippen LogP contribution in [0.5, 0.6) is 5.75 Å². The van der Waals surface area contributed by atoms with Crippen molar-refractivity contribution >= 4 is 29.2 Å². The number of aromatic nitrogens is 2. The van der Waals surface area contributed by atoms with Gasteiger partial charge in [-0.15, -0.1) is 0 Å². The molecular formula is C27H33ClN4O3S. The summed E-state index contributed by atoms with van der Waals surface area (Å²) < 4.78 is 15.4. The van der Waals surface area contributed by atoms with Crippen LogP contribution in [0, 0.1) is 0 Å². The van der Waals surface area contributed by atoms with Crippen LogP contribution in [0.2, 0.25) is 5.02 Å². The maximum Gasteiger partial charge on any atom is 0.316 e. The maximum absolute atomic E-state index is 13.6. The van der Waals surface area contributed by atoms with Gasteiger partial charge in [0.25, 0.3) is 0 Å². The molecular weight excluding hydrogens is 496 g/mol. The van der Waals surface area contributed by atoms with Gasteiger partial charge in [-0.2, -0.15) is 9.78 Å². The fraction of sp³-hybridized carbons (Fsp3) is 0.407. The first-order valence-corrected chi connectivity index (χ1v) is 13.4. The van der Waals surface area contributed by atoms with E-state index in [4.69, 9.17) is 21.1 Å². The van der Waals surface area contributed by atoms with Crippen molar-refractivity contribution in [3.63, 3.8) is 0 Å². The molecule has 1 aliphatic heterocycles. The van der Waals surface area contributed by atoms with Gasteiger partial charge in [0, 0.05) is 50.5 Å². The molecule has 0 bridgehead atoms. The first kappa shape index (κ1) is 26.5. The van der Waals surface area contributed by atoms with Crippen LogP contribution in [0.3, 0.4) is 0 Å². The molecule has 36 heavy (non-hydrogen) atoms. The summed E-state index contributed by atoms with van der Waals surface area (Å²) in [6, 6.07) is 17.6. The molecule has 0 saturated carbocycles. The second-order valence-corrected chi connectivity index (χ2v) is 10.8. The van der Waals surface area contributed by atoms with E-state index in [1.165, 1.54) is 10.2 Å². The van der Waals surface area contributed by atoms with Crippen LogP contribution in [0.15, 0.2) is 65.6 Å². The molecule has 0 spiro atoms. The molecule has 0 radical (unpaired) electrons. The Morgan fingerprint density at radius 1 is 1.06 bits per heavy atom. The number of anilines is 1. The number of hydrogen-bond acceptors (Lipinski definition) is 7. The van der Waals surface area contributed by atoms with Crippen LogP contribution >= 0.6 is 23.5 Å². The van der Waals surface area contributed by atoms with Gasteiger partial charge in [0.1, 0.15) is 5.69 Å². The van der Waals surface area contributed by atoms with Crippen LogP contribution in [0.1, 0.15) is 25.8 Å². The van der Waals surface area contributed by atoms with Crippen LogP contribution in [0.25, 0.3) is 5.69 Å². The third kappa shape index (κ3) is 6.82. The minimum atomic E-state index is -0.346. The summed E-state index contributed by atoms with van der Waals surface area (Å²) >= 11 is 8.01. The van der Waals surface area contributed by atoms with E-state index in [1.807, 2.05) is 31.9 Å². The SMILES string of the molecule is COC(C)(C)CCOc1c(N2CCN(SCc3ccccc3)CC2)cnn(-c2cccc(Cl)c2)c1=O. The molecule has 0 aliphatic carbocycles. The van der Waals surface area contributed by atoms with E-state index in [0.717, 1.165) is 37.6 Å². The zero-order chi connectivity index (χ0) is 25.5. The van der Waals surface area contributed by atoms with E-state index >= 15 is 0 Å². The number of hydrogen-bond donors (Lipinski definition) is 0. The average molecular weight is 529 g/mol. The molecule has 0 atom stereocenters. The minimum Gasteiger partial charge on any atom is -0.486 e. The van der Waals surface area contributed by atoms with Gasteiger partial charge in [-0.05, 0) is 37.6 Å². The summed E-state index contributed by atoms with van der Waals surface area (Å²) in [7, 11) is 1.68. The fourth-order valence-corrected chi connectivity index (χ4v) is 5.01. The molecule has 7 nitrogen and oxygen atoms in total. The van der Waals surface area contributed by atoms with Crippen molar-refractivity contribution in [1.82, 2.24) is 14.1 Å². The van der Waals surface area contributed by atoms with Crippen molar-refractivity contribution in [2.24, 2.45) is 0 Å². The molecule has 3 aromatic rings. The number of piperazine rings is 1. The highest BCUT2D eigenvalue weighted by Crippen LogP contribution is 2.28. The van der Waals surface area contributed by atoms with E-state index in [1.54, 1.807) is 37.6 Å². The Kier molecular flexibility index (Phi) is 8.95. The molecule has 9 heteroatoms. The maximum atomic E-state index is 13.6. The molecule has 1 saturated heterocycles. The first-order valence-electron chi connectivity index (χ1n) is 12.1. The third-order valence-corrected chi connectivity index (χ3v) is 7.73. The number of nitrogens with zero attached hydrogens (tertiary/aromatic N) is 4. The molecule has 0 N–H and O–H groups in total. The topological polar surface area (TPSA) is 59.8 Å². The first-order chi connectivity index (χ1) is 17.4. The Hall–Kier alpha value is -2.52. The minimum absolute atomic E-state index is 0.300. The smallest absolute Gasteiger partial charge is 0.316 e. The van der Waals surface area contributed by atoms with Gasteiger partial charge < -0.3 is 14.4 Å². The third-order valence-electron chi connectivity index (χ3n) is 6.31. The van der Waals surface area contributed by atoms with Crippen LogP contribution in [-0.4, -0.2) is 59.6 Å². The normalized spacial score (nSPS) is 14.7. The van der Waals surface area contributed by atoms with Crippen molar-refractivity contribution in [1.29, 1.82) is 0 Å². The predicted octanol–water partition coefficient (Wildman–Crippen LogP) is 5.05. The Morgan fingerprint density at radius 2 is 1.81 bits per heavy atom. The zero-order valence-electron chi connectivity index (χ0n) is 21.0. The van der Waals surface area contributed by atoms with E-state index in [0.29, 0.717) is 29.5 Å². The van der Waals surface area contributed by atoms with E-state index in [-0.39, 0.29) is 11.2 Å². The Bertz CT molecular complexity index is 1200. The van der Waals surface area contributed by atoms with Crippen molar-refractivity contribution in [2.75, 3.05) is 44.8 Å². The fourth-order valence-electron chi connectivity index (χ4n) is 3.88. The van der Waals surface area contributed by atoms with Gasteiger partial charge in [0.15, 0.2) is 0 Å². The highest BCUT2D eigenvalue weighted by molar-refractivity contribution is 7.96. The average Bonchev–Trinajstić information content (AvgIpc) is 2.89. The number of methoxy groups -OCH3 is 1. The second-order valence-electron chi connectivity index (χ2n) is 9.29. The quantitative estimate of drug-likeness (QED) is 0.341. The lowest BCUT2D eigenvalue weighted by Crippen LogP contribution is -2.44. The van der Waals surface area contributed by atoms with Crippen molar-refractivity contribution < 1.29 is 9.47 Å². The van der Waals surface area contributed by atoms with Crippen LogP contribution < -0.4 is 15.2 Å². The van der Waals surface area contributed by atoms with Gasteiger partial charge in [0.05, 0.1) is 24.1 Å². The molecule has 2 aromatic carbocycles. The van der Waals surface area contributed by atoms with Crippen molar-refractivity contribution in [3.05, 3.63) is 81.7 Å². The monoisotopic (exact) mass is 528 g/mol. The number of ether oxygens (including phenoxy) is 2. The predicted molar refractivity (Wildman–Crippen MR) is 148 cm³/mol. The van der Waals surface area contributed by atoms with Crippen molar-refractivity contribution in [2.45, 2.75) is 31.6 Å². The summed E-state index contributed by atoms with van der Waals surface area (Å²) in [4.78, 5) is 15.7. The highest BCUT2D eigenvalue weighted by Gasteiger charge is 2.25. The Labute approximate surface area is 222 Å². The number of halogens is 1. The lowest BCUT2D eigenvalue weighted by Gasteiger charge is -2.35. The van der Waals surface area contributed by atoms with Crippen molar-refractivity contribution in [3.8, 4) is 11.4 Å². The lowest BCUT2D eigenvalue weighted by atomic mass is 10.1. The molecule has 0 amide bonds. The van der Waals surface area contributed by atoms with Gasteiger partial charge in [-0.1, -0.05) is 59.9 Å². The molecule has 1 fully saturated rings. The van der Waals surface area contributed by atoms with Gasteiger partial charge >= 0.3 is 5.56 Å². The summed E-state index contributed by atoms with van der Waals surface area (Å²) in [5, 5.41) is 5.01. The van der Waals surface area contributed by atoms with Crippen LogP contribution in [-0.2, 0) is 10.5 Å². The largest absolute Gasteiger partial charge is 0.486 e. The van der Waals surface area contributed by atoms with Gasteiger partial charge in [-0.3, -0.25) is 4.79 Å². The highest BCUT2D eigenvalue weighted by atomic mass is 35.5. The van der Waals surface area contributed by atoms with Gasteiger partial charge in [0.2, 0.25) is 5.75 Å².